The number of rotatable bonds is 2. The van der Waals surface area contributed by atoms with Gasteiger partial charge in [-0.2, -0.15) is 0 Å². The van der Waals surface area contributed by atoms with Crippen molar-refractivity contribution in [2.24, 2.45) is 4.99 Å². The first-order chi connectivity index (χ1) is 9.53. The van der Waals surface area contributed by atoms with Crippen LogP contribution in [-0.4, -0.2) is 37.7 Å². The molecule has 106 valence electrons. The summed E-state index contributed by atoms with van der Waals surface area (Å²) in [4.78, 5) is 16.3. The molecule has 2 aliphatic rings. The average molecular weight is 293 g/mol. The Bertz CT molecular complexity index is 655. The number of hydrogen-bond acceptors (Lipinski definition) is 4. The number of nitrogens with zero attached hydrogens (tertiary/aromatic N) is 2. The van der Waals surface area contributed by atoms with Crippen molar-refractivity contribution in [3.05, 3.63) is 30.3 Å². The van der Waals surface area contributed by atoms with Crippen molar-refractivity contribution in [3.63, 3.8) is 0 Å². The Labute approximate surface area is 117 Å². The Morgan fingerprint density at radius 2 is 2.00 bits per heavy atom. The van der Waals surface area contributed by atoms with E-state index in [9.17, 15) is 13.2 Å². The quantitative estimate of drug-likeness (QED) is 0.862. The van der Waals surface area contributed by atoms with Gasteiger partial charge in [-0.1, -0.05) is 18.2 Å². The molecule has 1 aromatic carbocycles. The molecule has 2 fully saturated rings. The summed E-state index contributed by atoms with van der Waals surface area (Å²) in [6.45, 7) is 0. The number of amides is 1. The standard InChI is InChI=1S/C13H15N3O3S/c17-13-8-12(14-10-6-7-20(18,19)9-10)15-16(13)11-4-2-1-3-5-11/h1-5,10H,6-9H2,(H,14,15). The van der Waals surface area contributed by atoms with Crippen LogP contribution >= 0.6 is 0 Å². The highest BCUT2D eigenvalue weighted by Gasteiger charge is 2.31. The maximum atomic E-state index is 12.0. The lowest BCUT2D eigenvalue weighted by molar-refractivity contribution is -0.116. The summed E-state index contributed by atoms with van der Waals surface area (Å²) in [6, 6.07) is 9.00. The molecule has 0 aromatic heterocycles. The fourth-order valence-electron chi connectivity index (χ4n) is 2.41. The molecule has 7 heteroatoms. The van der Waals surface area contributed by atoms with Gasteiger partial charge >= 0.3 is 0 Å². The van der Waals surface area contributed by atoms with E-state index >= 15 is 0 Å². The van der Waals surface area contributed by atoms with Crippen LogP contribution in [0.1, 0.15) is 12.8 Å². The number of nitrogens with one attached hydrogen (secondary N) is 1. The highest BCUT2D eigenvalue weighted by Crippen LogP contribution is 2.19. The summed E-state index contributed by atoms with van der Waals surface area (Å²) >= 11 is 0. The summed E-state index contributed by atoms with van der Waals surface area (Å²) in [5.41, 5.74) is 3.70. The highest BCUT2D eigenvalue weighted by atomic mass is 32.2. The van der Waals surface area contributed by atoms with Gasteiger partial charge in [-0.3, -0.25) is 15.2 Å². The highest BCUT2D eigenvalue weighted by molar-refractivity contribution is 7.91. The number of hydrazine groups is 1. The van der Waals surface area contributed by atoms with E-state index in [-0.39, 0.29) is 29.9 Å². The van der Waals surface area contributed by atoms with Crippen molar-refractivity contribution in [1.29, 1.82) is 0 Å². The average Bonchev–Trinajstić information content (AvgIpc) is 2.94. The summed E-state index contributed by atoms with van der Waals surface area (Å²) in [7, 11) is -2.95. The molecule has 1 atom stereocenters. The molecule has 0 aliphatic carbocycles. The molecule has 20 heavy (non-hydrogen) atoms. The number of anilines is 1. The smallest absolute Gasteiger partial charge is 0.253 e. The molecule has 6 nitrogen and oxygen atoms in total. The van der Waals surface area contributed by atoms with Gasteiger partial charge in [-0.05, 0) is 18.6 Å². The Morgan fingerprint density at radius 3 is 2.65 bits per heavy atom. The predicted octanol–water partition coefficient (Wildman–Crippen LogP) is 0.514. The number of para-hydroxylation sites is 1. The first-order valence-electron chi connectivity index (χ1n) is 6.45. The van der Waals surface area contributed by atoms with Gasteiger partial charge in [0.15, 0.2) is 9.84 Å². The SMILES string of the molecule is O=C1CC(=NC2CCS(=O)(=O)C2)NN1c1ccccc1. The van der Waals surface area contributed by atoms with Crippen molar-refractivity contribution in [1.82, 2.24) is 5.43 Å². The fourth-order valence-corrected chi connectivity index (χ4v) is 4.04. The lowest BCUT2D eigenvalue weighted by Gasteiger charge is -2.15. The number of carbonyl (C=O) groups excluding carboxylic acids is 1. The number of hydrogen-bond donors (Lipinski definition) is 1. The first-order valence-corrected chi connectivity index (χ1v) is 8.27. The van der Waals surface area contributed by atoms with Crippen LogP contribution in [0.15, 0.2) is 35.3 Å². The zero-order chi connectivity index (χ0) is 14.2. The lowest BCUT2D eigenvalue weighted by atomic mass is 10.3. The van der Waals surface area contributed by atoms with Gasteiger partial charge in [0, 0.05) is 0 Å². The molecule has 1 aromatic rings. The maximum absolute atomic E-state index is 12.0. The van der Waals surface area contributed by atoms with Crippen molar-refractivity contribution in [2.45, 2.75) is 18.9 Å². The van der Waals surface area contributed by atoms with Crippen LogP contribution in [0.25, 0.3) is 0 Å². The van der Waals surface area contributed by atoms with Crippen LogP contribution in [-0.2, 0) is 14.6 Å². The van der Waals surface area contributed by atoms with Crippen molar-refractivity contribution >= 4 is 27.3 Å². The summed E-state index contributed by atoms with van der Waals surface area (Å²) in [6.07, 6.45) is 0.721. The fraction of sp³-hybridized carbons (Fsp3) is 0.385. The molecule has 2 heterocycles. The molecule has 2 aliphatic heterocycles. The number of sulfone groups is 1. The Balaban J connectivity index is 1.74. The van der Waals surface area contributed by atoms with E-state index in [0.717, 1.165) is 5.69 Å². The van der Waals surface area contributed by atoms with Crippen molar-refractivity contribution in [3.8, 4) is 0 Å². The van der Waals surface area contributed by atoms with E-state index < -0.39 is 9.84 Å². The number of benzene rings is 1. The number of aliphatic imine (C=N–C) groups is 1. The molecular weight excluding hydrogens is 278 g/mol. The third kappa shape index (κ3) is 2.67. The van der Waals surface area contributed by atoms with Gasteiger partial charge in [0.05, 0.1) is 29.7 Å². The predicted molar refractivity (Wildman–Crippen MR) is 76.2 cm³/mol. The molecular formula is C13H15N3O3S. The second-order valence-electron chi connectivity index (χ2n) is 4.99. The molecule has 2 saturated heterocycles. The largest absolute Gasteiger partial charge is 0.278 e. The second kappa shape index (κ2) is 4.90. The van der Waals surface area contributed by atoms with Crippen LogP contribution in [0, 0.1) is 0 Å². The third-order valence-corrected chi connectivity index (χ3v) is 5.12. The summed E-state index contributed by atoms with van der Waals surface area (Å²) in [5, 5.41) is 1.45. The van der Waals surface area contributed by atoms with Crippen LogP contribution in [0.3, 0.4) is 0 Å². The molecule has 3 rings (SSSR count). The van der Waals surface area contributed by atoms with E-state index in [0.29, 0.717) is 12.3 Å². The third-order valence-electron chi connectivity index (χ3n) is 3.37. The van der Waals surface area contributed by atoms with Crippen LogP contribution in [0.4, 0.5) is 5.69 Å². The zero-order valence-electron chi connectivity index (χ0n) is 10.8. The van der Waals surface area contributed by atoms with Gasteiger partial charge in [0.25, 0.3) is 5.91 Å². The van der Waals surface area contributed by atoms with Gasteiger partial charge in [-0.25, -0.2) is 13.4 Å². The monoisotopic (exact) mass is 293 g/mol. The normalized spacial score (nSPS) is 27.0. The maximum Gasteiger partial charge on any atom is 0.253 e. The minimum Gasteiger partial charge on any atom is -0.278 e. The molecule has 1 unspecified atom stereocenters. The molecule has 1 N–H and O–H groups in total. The zero-order valence-corrected chi connectivity index (χ0v) is 11.6. The Kier molecular flexibility index (Phi) is 3.21. The van der Waals surface area contributed by atoms with E-state index in [1.54, 1.807) is 0 Å². The van der Waals surface area contributed by atoms with Crippen molar-refractivity contribution < 1.29 is 13.2 Å². The minimum atomic E-state index is -2.95. The van der Waals surface area contributed by atoms with Crippen molar-refractivity contribution in [2.75, 3.05) is 16.5 Å². The first kappa shape index (κ1) is 13.1. The molecule has 0 bridgehead atoms. The van der Waals surface area contributed by atoms with Crippen LogP contribution < -0.4 is 10.4 Å². The van der Waals surface area contributed by atoms with Crippen LogP contribution in [0.5, 0.6) is 0 Å². The van der Waals surface area contributed by atoms with E-state index in [2.05, 4.69) is 10.4 Å². The van der Waals surface area contributed by atoms with E-state index in [1.165, 1.54) is 5.01 Å². The summed E-state index contributed by atoms with van der Waals surface area (Å²) < 4.78 is 22.8. The second-order valence-corrected chi connectivity index (χ2v) is 7.21. The Hall–Kier alpha value is -1.89. The van der Waals surface area contributed by atoms with Gasteiger partial charge in [0.1, 0.15) is 5.84 Å². The molecule has 1 amide bonds. The van der Waals surface area contributed by atoms with E-state index in [4.69, 9.17) is 0 Å². The molecule has 0 spiro atoms. The van der Waals surface area contributed by atoms with Gasteiger partial charge in [-0.15, -0.1) is 0 Å². The topological polar surface area (TPSA) is 78.8 Å². The number of carbonyl (C=O) groups is 1. The summed E-state index contributed by atoms with van der Waals surface area (Å²) in [5.74, 6) is 0.722. The molecule has 0 saturated carbocycles. The van der Waals surface area contributed by atoms with Crippen LogP contribution in [0.2, 0.25) is 0 Å². The van der Waals surface area contributed by atoms with Gasteiger partial charge < -0.3 is 0 Å². The Morgan fingerprint density at radius 1 is 1.25 bits per heavy atom. The van der Waals surface area contributed by atoms with Gasteiger partial charge in [0.2, 0.25) is 0 Å². The lowest BCUT2D eigenvalue weighted by Crippen LogP contribution is -2.36. The minimum absolute atomic E-state index is 0.0811. The molecule has 0 radical (unpaired) electrons. The number of amidine groups is 1. The van der Waals surface area contributed by atoms with E-state index in [1.807, 2.05) is 30.3 Å².